The molecule has 1 aromatic rings. The Morgan fingerprint density at radius 2 is 1.86 bits per heavy atom. The molecule has 0 saturated heterocycles. The Labute approximate surface area is 133 Å². The van der Waals surface area contributed by atoms with Crippen LogP contribution >= 0.6 is 12.4 Å². The number of rotatable bonds is 6. The number of benzene rings is 1. The van der Waals surface area contributed by atoms with Gasteiger partial charge >= 0.3 is 0 Å². The molecule has 118 valence electrons. The smallest absolute Gasteiger partial charge is 0.238 e. The van der Waals surface area contributed by atoms with Gasteiger partial charge in [-0.15, -0.1) is 12.4 Å². The number of ether oxygens (including phenoxy) is 1. The summed E-state index contributed by atoms with van der Waals surface area (Å²) in [6.07, 6.45) is 2.59. The average Bonchev–Trinajstić information content (AvgIpc) is 3.14. The van der Waals surface area contributed by atoms with E-state index in [2.05, 4.69) is 10.6 Å². The number of nitrogens with one attached hydrogen (secondary N) is 2. The van der Waals surface area contributed by atoms with Gasteiger partial charge in [0.05, 0.1) is 6.54 Å². The van der Waals surface area contributed by atoms with Gasteiger partial charge in [-0.2, -0.15) is 0 Å². The van der Waals surface area contributed by atoms with Gasteiger partial charge in [0.25, 0.3) is 0 Å². The van der Waals surface area contributed by atoms with Gasteiger partial charge in [0.15, 0.2) is 0 Å². The standard InChI is InChI=1S/C16H24N2O2.ClH/c1-16(2,3)20-14-8-6-13(7-9-14)18-15(19)11-17-10-12-4-5-12;/h6-9,12,17H,4-5,10-11H2,1-3H3,(H,18,19);1H. The molecule has 0 atom stereocenters. The zero-order chi connectivity index (χ0) is 14.6. The Bertz CT molecular complexity index is 450. The van der Waals surface area contributed by atoms with Crippen LogP contribution < -0.4 is 15.4 Å². The quantitative estimate of drug-likeness (QED) is 0.848. The molecule has 1 aliphatic carbocycles. The molecule has 0 unspecified atom stereocenters. The fraction of sp³-hybridized carbons (Fsp3) is 0.562. The topological polar surface area (TPSA) is 50.4 Å². The van der Waals surface area contributed by atoms with Gasteiger partial charge in [0.1, 0.15) is 11.4 Å². The first-order valence-electron chi connectivity index (χ1n) is 7.22. The minimum absolute atomic E-state index is 0. The molecule has 1 aliphatic rings. The van der Waals surface area contributed by atoms with Crippen LogP contribution in [0.1, 0.15) is 33.6 Å². The molecule has 0 aliphatic heterocycles. The van der Waals surface area contributed by atoms with Crippen molar-refractivity contribution in [1.82, 2.24) is 5.32 Å². The van der Waals surface area contributed by atoms with Gasteiger partial charge in [-0.3, -0.25) is 4.79 Å². The summed E-state index contributed by atoms with van der Waals surface area (Å²) in [6.45, 7) is 7.35. The molecular formula is C16H25ClN2O2. The Morgan fingerprint density at radius 1 is 1.24 bits per heavy atom. The van der Waals surface area contributed by atoms with E-state index in [1.165, 1.54) is 12.8 Å². The predicted molar refractivity (Wildman–Crippen MR) is 88.3 cm³/mol. The Balaban J connectivity index is 0.00000220. The molecule has 2 N–H and O–H groups in total. The molecule has 5 heteroatoms. The summed E-state index contributed by atoms with van der Waals surface area (Å²) in [4.78, 5) is 11.7. The second-order valence-corrected chi connectivity index (χ2v) is 6.36. The lowest BCUT2D eigenvalue weighted by atomic mass is 10.2. The molecule has 0 heterocycles. The lowest BCUT2D eigenvalue weighted by molar-refractivity contribution is -0.115. The van der Waals surface area contributed by atoms with Gasteiger partial charge in [0.2, 0.25) is 5.91 Å². The van der Waals surface area contributed by atoms with Gasteiger partial charge in [-0.1, -0.05) is 0 Å². The Hall–Kier alpha value is -1.26. The van der Waals surface area contributed by atoms with E-state index in [4.69, 9.17) is 4.74 Å². The van der Waals surface area contributed by atoms with Crippen LogP contribution in [0.4, 0.5) is 5.69 Å². The molecule has 2 rings (SSSR count). The molecule has 1 aromatic carbocycles. The average molecular weight is 313 g/mol. The zero-order valence-corrected chi connectivity index (χ0v) is 13.8. The number of amides is 1. The first kappa shape index (κ1) is 17.8. The van der Waals surface area contributed by atoms with Gasteiger partial charge < -0.3 is 15.4 Å². The predicted octanol–water partition coefficient (Wildman–Crippen LogP) is 3.22. The van der Waals surface area contributed by atoms with E-state index >= 15 is 0 Å². The van der Waals surface area contributed by atoms with Gasteiger partial charge in [-0.25, -0.2) is 0 Å². The monoisotopic (exact) mass is 312 g/mol. The normalized spacial score (nSPS) is 14.2. The molecule has 0 aromatic heterocycles. The van der Waals surface area contributed by atoms with Crippen LogP contribution in [0.3, 0.4) is 0 Å². The molecule has 1 fully saturated rings. The maximum Gasteiger partial charge on any atom is 0.238 e. The molecule has 21 heavy (non-hydrogen) atoms. The zero-order valence-electron chi connectivity index (χ0n) is 12.9. The van der Waals surface area contributed by atoms with Gasteiger partial charge in [0, 0.05) is 5.69 Å². The maximum absolute atomic E-state index is 11.7. The van der Waals surface area contributed by atoms with Crippen LogP contribution in [-0.4, -0.2) is 24.6 Å². The van der Waals surface area contributed by atoms with Crippen molar-refractivity contribution in [2.45, 2.75) is 39.2 Å². The van der Waals surface area contributed by atoms with Crippen molar-refractivity contribution in [3.05, 3.63) is 24.3 Å². The third-order valence-electron chi connectivity index (χ3n) is 2.98. The third kappa shape index (κ3) is 7.34. The van der Waals surface area contributed by atoms with Crippen LogP contribution in [0.5, 0.6) is 5.75 Å². The van der Waals surface area contributed by atoms with Crippen molar-refractivity contribution in [1.29, 1.82) is 0 Å². The van der Waals surface area contributed by atoms with Crippen molar-refractivity contribution in [2.24, 2.45) is 5.92 Å². The van der Waals surface area contributed by atoms with Gasteiger partial charge in [-0.05, 0) is 70.3 Å². The maximum atomic E-state index is 11.7. The van der Waals surface area contributed by atoms with Crippen molar-refractivity contribution in [3.63, 3.8) is 0 Å². The van der Waals surface area contributed by atoms with Crippen LogP contribution in [0.2, 0.25) is 0 Å². The number of carbonyl (C=O) groups is 1. The van der Waals surface area contributed by atoms with E-state index in [0.717, 1.165) is 23.9 Å². The fourth-order valence-corrected chi connectivity index (χ4v) is 1.88. The first-order chi connectivity index (χ1) is 9.42. The fourth-order valence-electron chi connectivity index (χ4n) is 1.88. The summed E-state index contributed by atoms with van der Waals surface area (Å²) in [6, 6.07) is 7.47. The summed E-state index contributed by atoms with van der Waals surface area (Å²) in [5.74, 6) is 1.59. The minimum atomic E-state index is -0.211. The molecule has 4 nitrogen and oxygen atoms in total. The molecule has 0 spiro atoms. The number of carbonyl (C=O) groups excluding carboxylic acids is 1. The summed E-state index contributed by atoms with van der Waals surface area (Å²) >= 11 is 0. The number of anilines is 1. The van der Waals surface area contributed by atoms with Crippen LogP contribution in [0, 0.1) is 5.92 Å². The minimum Gasteiger partial charge on any atom is -0.488 e. The molecule has 0 bridgehead atoms. The largest absolute Gasteiger partial charge is 0.488 e. The van der Waals surface area contributed by atoms with E-state index in [1.807, 2.05) is 45.0 Å². The number of hydrogen-bond donors (Lipinski definition) is 2. The molecular weight excluding hydrogens is 288 g/mol. The first-order valence-corrected chi connectivity index (χ1v) is 7.22. The van der Waals surface area contributed by atoms with E-state index in [0.29, 0.717) is 6.54 Å². The number of hydrogen-bond acceptors (Lipinski definition) is 3. The summed E-state index contributed by atoms with van der Waals surface area (Å²) in [5, 5.41) is 6.04. The summed E-state index contributed by atoms with van der Waals surface area (Å²) in [7, 11) is 0. The van der Waals surface area contributed by atoms with E-state index in [9.17, 15) is 4.79 Å². The van der Waals surface area contributed by atoms with E-state index < -0.39 is 0 Å². The SMILES string of the molecule is CC(C)(C)Oc1ccc(NC(=O)CNCC2CC2)cc1.Cl. The van der Waals surface area contributed by atoms with E-state index in [1.54, 1.807) is 0 Å². The Morgan fingerprint density at radius 3 is 2.38 bits per heavy atom. The van der Waals surface area contributed by atoms with Crippen LogP contribution in [0.25, 0.3) is 0 Å². The summed E-state index contributed by atoms with van der Waals surface area (Å²) < 4.78 is 5.73. The van der Waals surface area contributed by atoms with Crippen molar-refractivity contribution >= 4 is 24.0 Å². The highest BCUT2D eigenvalue weighted by atomic mass is 35.5. The lowest BCUT2D eigenvalue weighted by Gasteiger charge is -2.21. The highest BCUT2D eigenvalue weighted by Gasteiger charge is 2.20. The summed E-state index contributed by atoms with van der Waals surface area (Å²) in [5.41, 5.74) is 0.585. The highest BCUT2D eigenvalue weighted by molar-refractivity contribution is 5.92. The van der Waals surface area contributed by atoms with Crippen molar-refractivity contribution in [3.8, 4) is 5.75 Å². The Kier molecular flexibility index (Phi) is 6.49. The second-order valence-electron chi connectivity index (χ2n) is 6.36. The molecule has 1 amide bonds. The van der Waals surface area contributed by atoms with E-state index in [-0.39, 0.29) is 23.9 Å². The highest BCUT2D eigenvalue weighted by Crippen LogP contribution is 2.27. The van der Waals surface area contributed by atoms with Crippen LogP contribution in [0.15, 0.2) is 24.3 Å². The second kappa shape index (κ2) is 7.66. The third-order valence-corrected chi connectivity index (χ3v) is 2.98. The molecule has 1 saturated carbocycles. The molecule has 0 radical (unpaired) electrons. The van der Waals surface area contributed by atoms with Crippen molar-refractivity contribution < 1.29 is 9.53 Å². The van der Waals surface area contributed by atoms with Crippen LogP contribution in [-0.2, 0) is 4.79 Å². The number of halogens is 1. The lowest BCUT2D eigenvalue weighted by Crippen LogP contribution is -2.29. The van der Waals surface area contributed by atoms with Crippen molar-refractivity contribution in [2.75, 3.05) is 18.4 Å².